The summed E-state index contributed by atoms with van der Waals surface area (Å²) in [6.45, 7) is 16.3. The minimum absolute atomic E-state index is 0.0180. The molecule has 198 valence electrons. The van der Waals surface area contributed by atoms with Crippen LogP contribution >= 0.6 is 0 Å². The lowest BCUT2D eigenvalue weighted by Crippen LogP contribution is -2.53. The van der Waals surface area contributed by atoms with E-state index in [9.17, 15) is 19.2 Å². The summed E-state index contributed by atoms with van der Waals surface area (Å²) in [6, 6.07) is -2.73. The van der Waals surface area contributed by atoms with Gasteiger partial charge in [-0.25, -0.2) is 14.4 Å². The number of hydrogen-bond acceptors (Lipinski definition) is 7. The first-order valence-electron chi connectivity index (χ1n) is 11.9. The van der Waals surface area contributed by atoms with Gasteiger partial charge in [0.15, 0.2) is 0 Å². The number of unbranched alkanes of at least 4 members (excludes halogenated alkanes) is 1. The van der Waals surface area contributed by atoms with Crippen LogP contribution in [0.1, 0.15) is 94.4 Å². The number of nitrogens with one attached hydrogen (secondary N) is 2. The molecule has 0 unspecified atom stereocenters. The molecule has 10 nitrogen and oxygen atoms in total. The van der Waals surface area contributed by atoms with Crippen LogP contribution in [0.25, 0.3) is 0 Å². The Hall–Kier alpha value is -2.36. The molecule has 2 amide bonds. The minimum atomic E-state index is -1.11. The number of rotatable bonds is 11. The Morgan fingerprint density at radius 1 is 0.676 bits per heavy atom. The van der Waals surface area contributed by atoms with Crippen molar-refractivity contribution in [3.8, 4) is 0 Å². The van der Waals surface area contributed by atoms with Crippen LogP contribution in [-0.4, -0.2) is 59.4 Å². The van der Waals surface area contributed by atoms with Gasteiger partial charge >= 0.3 is 23.9 Å². The molecule has 5 N–H and O–H groups in total. The summed E-state index contributed by atoms with van der Waals surface area (Å²) >= 11 is 0. The fraction of sp³-hybridized carbons (Fsp3) is 0.833. The second-order valence-corrected chi connectivity index (χ2v) is 11.3. The Morgan fingerprint density at radius 3 is 1.47 bits per heavy atom. The Kier molecular flexibility index (Phi) is 12.6. The van der Waals surface area contributed by atoms with Crippen LogP contribution in [-0.2, 0) is 28.6 Å². The second-order valence-electron chi connectivity index (χ2n) is 11.3. The van der Waals surface area contributed by atoms with Crippen molar-refractivity contribution in [1.82, 2.24) is 10.6 Å². The summed E-state index contributed by atoms with van der Waals surface area (Å²) in [5.41, 5.74) is 1.62. The summed E-state index contributed by atoms with van der Waals surface area (Å²) < 4.78 is 16.1. The zero-order valence-electron chi connectivity index (χ0n) is 22.5. The monoisotopic (exact) mass is 488 g/mol. The third-order valence-electron chi connectivity index (χ3n) is 4.04. The second kappa shape index (κ2) is 13.5. The normalized spacial score (nSPS) is 13.9. The molecule has 0 fully saturated rings. The van der Waals surface area contributed by atoms with Crippen LogP contribution < -0.4 is 16.4 Å². The predicted octanol–water partition coefficient (Wildman–Crippen LogP) is 2.24. The Labute approximate surface area is 204 Å². The molecule has 0 bridgehead atoms. The van der Waals surface area contributed by atoms with Crippen molar-refractivity contribution in [2.24, 2.45) is 0 Å². The van der Waals surface area contributed by atoms with Crippen molar-refractivity contribution in [3.63, 3.8) is 0 Å². The lowest BCUT2D eigenvalue weighted by Gasteiger charge is -2.27. The van der Waals surface area contributed by atoms with Gasteiger partial charge in [-0.2, -0.15) is 0 Å². The van der Waals surface area contributed by atoms with Gasteiger partial charge in [-0.3, -0.25) is 4.79 Å². The number of esters is 3. The van der Waals surface area contributed by atoms with E-state index in [0.29, 0.717) is 19.4 Å². The molecule has 34 heavy (non-hydrogen) atoms. The maximum absolute atomic E-state index is 12.7. The van der Waals surface area contributed by atoms with Gasteiger partial charge in [-0.1, -0.05) is 0 Å². The molecular formula is C24H46N3O7+. The van der Waals surface area contributed by atoms with Crippen molar-refractivity contribution in [3.05, 3.63) is 0 Å². The quantitative estimate of drug-likeness (QED) is 0.229. The average molecular weight is 489 g/mol. The number of ether oxygens (including phenoxy) is 3. The first kappa shape index (κ1) is 31.6. The standard InChI is InChI=1S/C24H45N3O7/c1-22(2,3)32-18(28)14-13-17(20(30)34-24(7,8)9)27-21(31)26-16(12-10-11-15-25)19(29)33-23(4,5)6/h16-17H,10-15,25H2,1-9H3,(H2,26,27,31)/p+1/t16-,17-/m0/s1. The smallest absolute Gasteiger partial charge is 0.329 e. The van der Waals surface area contributed by atoms with Crippen LogP contribution in [0.5, 0.6) is 0 Å². The number of quaternary nitrogens is 1. The van der Waals surface area contributed by atoms with E-state index in [2.05, 4.69) is 16.4 Å². The molecule has 0 saturated heterocycles. The highest BCUT2D eigenvalue weighted by Gasteiger charge is 2.31. The topological polar surface area (TPSA) is 148 Å². The van der Waals surface area contributed by atoms with Crippen LogP contribution in [0.4, 0.5) is 4.79 Å². The molecule has 0 heterocycles. The van der Waals surface area contributed by atoms with Gasteiger partial charge in [0.05, 0.1) is 6.54 Å². The van der Waals surface area contributed by atoms with Crippen molar-refractivity contribution in [1.29, 1.82) is 0 Å². The molecule has 2 atom stereocenters. The molecule has 0 aliphatic carbocycles. The van der Waals surface area contributed by atoms with Gasteiger partial charge in [0.25, 0.3) is 0 Å². The molecule has 0 radical (unpaired) electrons. The maximum Gasteiger partial charge on any atom is 0.329 e. The van der Waals surface area contributed by atoms with Crippen molar-refractivity contribution in [2.45, 2.75) is 123 Å². The van der Waals surface area contributed by atoms with E-state index in [1.54, 1.807) is 62.3 Å². The van der Waals surface area contributed by atoms with Gasteiger partial charge in [-0.05, 0) is 88.0 Å². The van der Waals surface area contributed by atoms with Crippen LogP contribution in [0.2, 0.25) is 0 Å². The molecule has 0 spiro atoms. The van der Waals surface area contributed by atoms with E-state index in [-0.39, 0.29) is 12.8 Å². The number of carbonyl (C=O) groups is 4. The fourth-order valence-corrected chi connectivity index (χ4v) is 2.78. The third kappa shape index (κ3) is 16.3. The molecule has 0 aromatic carbocycles. The third-order valence-corrected chi connectivity index (χ3v) is 4.04. The zero-order valence-corrected chi connectivity index (χ0v) is 22.5. The SMILES string of the molecule is CC(C)(C)OC(=O)CC[C@H](NC(=O)N[C@@H](CCCC[NH3+])C(=O)OC(C)(C)C)C(=O)OC(C)(C)C. The van der Waals surface area contributed by atoms with Gasteiger partial charge in [0.2, 0.25) is 0 Å². The molecule has 0 saturated carbocycles. The Bertz CT molecular complexity index is 688. The lowest BCUT2D eigenvalue weighted by molar-refractivity contribution is -0.368. The number of amides is 2. The summed E-state index contributed by atoms with van der Waals surface area (Å²) in [5, 5.41) is 5.15. The van der Waals surface area contributed by atoms with E-state index < -0.39 is 52.8 Å². The van der Waals surface area contributed by atoms with Gasteiger partial charge in [0.1, 0.15) is 28.9 Å². The summed E-state index contributed by atoms with van der Waals surface area (Å²) in [6.07, 6.45) is 1.71. The molecule has 0 aromatic heterocycles. The highest BCUT2D eigenvalue weighted by Crippen LogP contribution is 2.14. The molecule has 0 aromatic rings. The van der Waals surface area contributed by atoms with E-state index in [1.165, 1.54) is 0 Å². The number of carbonyl (C=O) groups excluding carboxylic acids is 4. The zero-order chi connectivity index (χ0) is 26.7. The highest BCUT2D eigenvalue weighted by molar-refractivity contribution is 5.87. The lowest BCUT2D eigenvalue weighted by atomic mass is 10.1. The molecule has 10 heteroatoms. The van der Waals surface area contributed by atoms with Crippen molar-refractivity contribution < 1.29 is 39.1 Å². The summed E-state index contributed by atoms with van der Waals surface area (Å²) in [5.74, 6) is -1.74. The number of urea groups is 1. The maximum atomic E-state index is 12.7. The highest BCUT2D eigenvalue weighted by atomic mass is 16.6. The predicted molar refractivity (Wildman–Crippen MR) is 128 cm³/mol. The van der Waals surface area contributed by atoms with Gasteiger partial charge in [0, 0.05) is 6.42 Å². The molecule has 0 aliphatic rings. The van der Waals surface area contributed by atoms with E-state index >= 15 is 0 Å². The largest absolute Gasteiger partial charge is 0.460 e. The number of hydrogen-bond donors (Lipinski definition) is 3. The first-order chi connectivity index (χ1) is 15.3. The first-order valence-corrected chi connectivity index (χ1v) is 11.9. The van der Waals surface area contributed by atoms with Crippen molar-refractivity contribution in [2.75, 3.05) is 6.54 Å². The molecule has 0 rings (SSSR count). The Balaban J connectivity index is 5.37. The van der Waals surface area contributed by atoms with E-state index in [1.807, 2.05) is 0 Å². The van der Waals surface area contributed by atoms with Crippen LogP contribution in [0.3, 0.4) is 0 Å². The van der Waals surface area contributed by atoms with Gasteiger partial charge < -0.3 is 30.6 Å². The van der Waals surface area contributed by atoms with Crippen LogP contribution in [0.15, 0.2) is 0 Å². The van der Waals surface area contributed by atoms with Gasteiger partial charge in [-0.15, -0.1) is 0 Å². The van der Waals surface area contributed by atoms with Crippen LogP contribution in [0, 0.1) is 0 Å². The molecular weight excluding hydrogens is 442 g/mol. The van der Waals surface area contributed by atoms with E-state index in [0.717, 1.165) is 6.42 Å². The Morgan fingerprint density at radius 2 is 1.09 bits per heavy atom. The summed E-state index contributed by atoms with van der Waals surface area (Å²) in [7, 11) is 0. The fourth-order valence-electron chi connectivity index (χ4n) is 2.78. The molecule has 0 aliphatic heterocycles. The minimum Gasteiger partial charge on any atom is -0.460 e. The van der Waals surface area contributed by atoms with Crippen molar-refractivity contribution >= 4 is 23.9 Å². The average Bonchev–Trinajstić information content (AvgIpc) is 2.60. The summed E-state index contributed by atoms with van der Waals surface area (Å²) in [4.78, 5) is 50.2. The van der Waals surface area contributed by atoms with E-state index in [4.69, 9.17) is 14.2 Å².